The van der Waals surface area contributed by atoms with Gasteiger partial charge in [-0.05, 0) is 18.1 Å². The first-order chi connectivity index (χ1) is 5.34. The van der Waals surface area contributed by atoms with Crippen LogP contribution in [0.15, 0.2) is 24.5 Å². The summed E-state index contributed by atoms with van der Waals surface area (Å²) in [6, 6.07) is 4.02. The van der Waals surface area contributed by atoms with Gasteiger partial charge in [-0.15, -0.1) is 0 Å². The minimum Gasteiger partial charge on any atom is -0.264 e. The average molecular weight is 167 g/mol. The molecule has 1 atom stereocenters. The summed E-state index contributed by atoms with van der Waals surface area (Å²) in [5.41, 5.74) is 1.22. The SMILES string of the molecule is CCCC(S)c1cccnc1. The Bertz CT molecular complexity index is 198. The average Bonchev–Trinajstić information content (AvgIpc) is 2.07. The van der Waals surface area contributed by atoms with Gasteiger partial charge in [0.1, 0.15) is 0 Å². The Morgan fingerprint density at radius 1 is 1.64 bits per heavy atom. The van der Waals surface area contributed by atoms with Crippen molar-refractivity contribution in [2.24, 2.45) is 0 Å². The maximum Gasteiger partial charge on any atom is 0.0311 e. The number of hydrogen-bond donors (Lipinski definition) is 1. The van der Waals surface area contributed by atoms with Gasteiger partial charge in [0, 0.05) is 17.6 Å². The highest BCUT2D eigenvalue weighted by atomic mass is 32.1. The predicted molar refractivity (Wildman–Crippen MR) is 50.9 cm³/mol. The molecule has 0 N–H and O–H groups in total. The van der Waals surface area contributed by atoms with Gasteiger partial charge in [0.15, 0.2) is 0 Å². The molecule has 0 bridgehead atoms. The second kappa shape index (κ2) is 4.39. The summed E-state index contributed by atoms with van der Waals surface area (Å²) in [6.45, 7) is 2.17. The van der Waals surface area contributed by atoms with E-state index in [4.69, 9.17) is 0 Å². The minimum absolute atomic E-state index is 0.355. The Kier molecular flexibility index (Phi) is 3.43. The molecule has 2 heteroatoms. The second-order valence-electron chi connectivity index (χ2n) is 2.59. The van der Waals surface area contributed by atoms with E-state index in [1.165, 1.54) is 12.0 Å². The Morgan fingerprint density at radius 2 is 2.45 bits per heavy atom. The number of hydrogen-bond acceptors (Lipinski definition) is 2. The van der Waals surface area contributed by atoms with Crippen LogP contribution >= 0.6 is 12.6 Å². The van der Waals surface area contributed by atoms with Gasteiger partial charge >= 0.3 is 0 Å². The number of pyridine rings is 1. The van der Waals surface area contributed by atoms with Crippen molar-refractivity contribution in [2.45, 2.75) is 25.0 Å². The monoisotopic (exact) mass is 167 g/mol. The molecule has 1 nitrogen and oxygen atoms in total. The molecule has 0 aromatic carbocycles. The first kappa shape index (κ1) is 8.60. The minimum atomic E-state index is 0.355. The van der Waals surface area contributed by atoms with Gasteiger partial charge in [0.05, 0.1) is 0 Å². The lowest BCUT2D eigenvalue weighted by Gasteiger charge is -2.07. The Labute approximate surface area is 73.3 Å². The number of rotatable bonds is 3. The molecular formula is C9H13NS. The molecular weight excluding hydrogens is 154 g/mol. The van der Waals surface area contributed by atoms with E-state index in [0.717, 1.165) is 6.42 Å². The molecule has 0 aliphatic heterocycles. The molecule has 11 heavy (non-hydrogen) atoms. The predicted octanol–water partition coefficient (Wildman–Crippen LogP) is 2.85. The van der Waals surface area contributed by atoms with Crippen molar-refractivity contribution in [3.8, 4) is 0 Å². The molecule has 1 aromatic rings. The summed E-state index contributed by atoms with van der Waals surface area (Å²) in [5, 5.41) is 0.355. The molecule has 0 fully saturated rings. The smallest absolute Gasteiger partial charge is 0.0311 e. The van der Waals surface area contributed by atoms with Crippen LogP contribution in [-0.2, 0) is 0 Å². The van der Waals surface area contributed by atoms with Crippen LogP contribution in [0.2, 0.25) is 0 Å². The van der Waals surface area contributed by atoms with Crippen LogP contribution in [0.25, 0.3) is 0 Å². The molecule has 0 aliphatic carbocycles. The zero-order valence-electron chi connectivity index (χ0n) is 6.70. The van der Waals surface area contributed by atoms with Crippen LogP contribution < -0.4 is 0 Å². The fourth-order valence-electron chi connectivity index (χ4n) is 1.01. The summed E-state index contributed by atoms with van der Waals surface area (Å²) in [6.07, 6.45) is 5.96. The second-order valence-corrected chi connectivity index (χ2v) is 3.21. The molecule has 60 valence electrons. The summed E-state index contributed by atoms with van der Waals surface area (Å²) in [4.78, 5) is 4.04. The lowest BCUT2D eigenvalue weighted by Crippen LogP contribution is -1.89. The standard InChI is InChI=1S/C9H13NS/c1-2-4-9(11)8-5-3-6-10-7-8/h3,5-7,9,11H,2,4H2,1H3. The molecule has 1 unspecified atom stereocenters. The van der Waals surface area contributed by atoms with Crippen LogP contribution in [0.5, 0.6) is 0 Å². The van der Waals surface area contributed by atoms with Crippen LogP contribution in [-0.4, -0.2) is 4.98 Å². The fraction of sp³-hybridized carbons (Fsp3) is 0.444. The van der Waals surface area contributed by atoms with Crippen molar-refractivity contribution in [1.29, 1.82) is 0 Å². The number of aromatic nitrogens is 1. The molecule has 0 aliphatic rings. The fourth-order valence-corrected chi connectivity index (χ4v) is 1.42. The van der Waals surface area contributed by atoms with Gasteiger partial charge in [0.25, 0.3) is 0 Å². The van der Waals surface area contributed by atoms with Crippen molar-refractivity contribution in [1.82, 2.24) is 4.98 Å². The number of thiol groups is 1. The maximum absolute atomic E-state index is 4.46. The molecule has 1 rings (SSSR count). The zero-order valence-corrected chi connectivity index (χ0v) is 7.59. The maximum atomic E-state index is 4.46. The van der Waals surface area contributed by atoms with E-state index < -0.39 is 0 Å². The van der Waals surface area contributed by atoms with Crippen molar-refractivity contribution in [3.63, 3.8) is 0 Å². The van der Waals surface area contributed by atoms with E-state index >= 15 is 0 Å². The molecule has 0 saturated carbocycles. The van der Waals surface area contributed by atoms with Crippen molar-refractivity contribution in [3.05, 3.63) is 30.1 Å². The molecule has 0 saturated heterocycles. The highest BCUT2D eigenvalue weighted by molar-refractivity contribution is 7.80. The Balaban J connectivity index is 2.61. The zero-order chi connectivity index (χ0) is 8.10. The summed E-state index contributed by atoms with van der Waals surface area (Å²) in [7, 11) is 0. The third-order valence-electron chi connectivity index (χ3n) is 1.63. The lowest BCUT2D eigenvalue weighted by atomic mass is 10.1. The summed E-state index contributed by atoms with van der Waals surface area (Å²) < 4.78 is 0. The summed E-state index contributed by atoms with van der Waals surface area (Å²) >= 11 is 4.46. The van der Waals surface area contributed by atoms with E-state index in [0.29, 0.717) is 5.25 Å². The van der Waals surface area contributed by atoms with Gasteiger partial charge in [-0.2, -0.15) is 12.6 Å². The number of nitrogens with zero attached hydrogens (tertiary/aromatic N) is 1. The van der Waals surface area contributed by atoms with Gasteiger partial charge in [-0.1, -0.05) is 19.4 Å². The first-order valence-electron chi connectivity index (χ1n) is 3.92. The van der Waals surface area contributed by atoms with E-state index in [2.05, 4.69) is 30.6 Å². The quantitative estimate of drug-likeness (QED) is 0.683. The largest absolute Gasteiger partial charge is 0.264 e. The van der Waals surface area contributed by atoms with E-state index in [1.54, 1.807) is 6.20 Å². The van der Waals surface area contributed by atoms with Crippen molar-refractivity contribution >= 4 is 12.6 Å². The third kappa shape index (κ3) is 2.54. The van der Waals surface area contributed by atoms with Crippen LogP contribution in [0.4, 0.5) is 0 Å². The van der Waals surface area contributed by atoms with E-state index in [9.17, 15) is 0 Å². The molecule has 0 spiro atoms. The van der Waals surface area contributed by atoms with Gasteiger partial charge in [-0.25, -0.2) is 0 Å². The Morgan fingerprint density at radius 3 is 3.00 bits per heavy atom. The van der Waals surface area contributed by atoms with E-state index in [1.807, 2.05) is 12.3 Å². The first-order valence-corrected chi connectivity index (χ1v) is 4.44. The van der Waals surface area contributed by atoms with E-state index in [-0.39, 0.29) is 0 Å². The Hall–Kier alpha value is -0.500. The van der Waals surface area contributed by atoms with Crippen LogP contribution in [0, 0.1) is 0 Å². The topological polar surface area (TPSA) is 12.9 Å². The lowest BCUT2D eigenvalue weighted by molar-refractivity contribution is 0.780. The van der Waals surface area contributed by atoms with Gasteiger partial charge in [-0.3, -0.25) is 4.98 Å². The highest BCUT2D eigenvalue weighted by Gasteiger charge is 2.03. The highest BCUT2D eigenvalue weighted by Crippen LogP contribution is 2.23. The van der Waals surface area contributed by atoms with Crippen molar-refractivity contribution < 1.29 is 0 Å². The molecule has 0 radical (unpaired) electrons. The van der Waals surface area contributed by atoms with Gasteiger partial charge in [0.2, 0.25) is 0 Å². The summed E-state index contributed by atoms with van der Waals surface area (Å²) in [5.74, 6) is 0. The normalized spacial score (nSPS) is 12.9. The third-order valence-corrected chi connectivity index (χ3v) is 2.19. The van der Waals surface area contributed by atoms with Crippen molar-refractivity contribution in [2.75, 3.05) is 0 Å². The van der Waals surface area contributed by atoms with Gasteiger partial charge < -0.3 is 0 Å². The molecule has 0 amide bonds. The van der Waals surface area contributed by atoms with Crippen LogP contribution in [0.1, 0.15) is 30.6 Å². The van der Waals surface area contributed by atoms with Crippen LogP contribution in [0.3, 0.4) is 0 Å². The molecule has 1 aromatic heterocycles. The molecule has 1 heterocycles.